The summed E-state index contributed by atoms with van der Waals surface area (Å²) >= 11 is 0. The Morgan fingerprint density at radius 1 is 0.260 bits per heavy atom. The van der Waals surface area contributed by atoms with Gasteiger partial charge in [0.15, 0.2) is 12.2 Å². The molecule has 0 aliphatic rings. The fourth-order valence-electron chi connectivity index (χ4n) is 13.2. The molecule has 3 N–H and O–H groups in total. The number of esters is 4. The van der Waals surface area contributed by atoms with Gasteiger partial charge in [0.25, 0.3) is 0 Å². The molecule has 0 bridgehead atoms. The zero-order valence-corrected chi connectivity index (χ0v) is 70.1. The van der Waals surface area contributed by atoms with Crippen LogP contribution in [0.15, 0.2) is 0 Å². The summed E-state index contributed by atoms with van der Waals surface area (Å²) in [5, 5.41) is 10.6. The minimum absolute atomic E-state index is 0.108. The number of hydrogen-bond donors (Lipinski definition) is 3. The maximum absolute atomic E-state index is 13.1. The van der Waals surface area contributed by atoms with Crippen molar-refractivity contribution in [3.8, 4) is 0 Å². The summed E-state index contributed by atoms with van der Waals surface area (Å²) in [6.45, 7) is 9.65. The summed E-state index contributed by atoms with van der Waals surface area (Å²) in [5.74, 6) is -0.472. The monoisotopic (exact) mass is 1520 g/mol. The van der Waals surface area contributed by atoms with Crippen molar-refractivity contribution in [3.63, 3.8) is 0 Å². The third kappa shape index (κ3) is 78.2. The van der Waals surface area contributed by atoms with Crippen molar-refractivity contribution in [1.82, 2.24) is 0 Å². The Hall–Kier alpha value is -1.94. The quantitative estimate of drug-likeness (QED) is 0.0222. The van der Waals surface area contributed by atoms with E-state index in [4.69, 9.17) is 37.0 Å². The molecule has 17 nitrogen and oxygen atoms in total. The second kappa shape index (κ2) is 76.4. The van der Waals surface area contributed by atoms with Gasteiger partial charge in [-0.05, 0) is 37.5 Å². The largest absolute Gasteiger partial charge is 0.472 e. The van der Waals surface area contributed by atoms with E-state index in [9.17, 15) is 43.2 Å². The van der Waals surface area contributed by atoms with Crippen molar-refractivity contribution < 1.29 is 80.2 Å². The number of rotatable bonds is 84. The molecule has 0 saturated carbocycles. The van der Waals surface area contributed by atoms with E-state index < -0.39 is 97.5 Å². The molecule has 0 amide bonds. The van der Waals surface area contributed by atoms with E-state index in [0.717, 1.165) is 108 Å². The fraction of sp³-hybridized carbons (Fsp3) is 0.953. The second-order valence-corrected chi connectivity index (χ2v) is 34.4. The molecule has 0 radical (unpaired) electrons. The van der Waals surface area contributed by atoms with Gasteiger partial charge in [-0.3, -0.25) is 37.3 Å². The van der Waals surface area contributed by atoms with Crippen molar-refractivity contribution in [3.05, 3.63) is 0 Å². The van der Waals surface area contributed by atoms with Gasteiger partial charge < -0.3 is 33.8 Å². The number of aliphatic hydroxyl groups excluding tert-OH is 1. The van der Waals surface area contributed by atoms with Gasteiger partial charge in [-0.15, -0.1) is 0 Å². The highest BCUT2D eigenvalue weighted by atomic mass is 31.2. The zero-order chi connectivity index (χ0) is 76.4. The first-order chi connectivity index (χ1) is 50.4. The summed E-state index contributed by atoms with van der Waals surface area (Å²) in [4.78, 5) is 72.9. The molecule has 0 rings (SSSR count). The Bertz CT molecular complexity index is 1990. The fourth-order valence-corrected chi connectivity index (χ4v) is 14.8. The molecular weight excluding hydrogens is 1350 g/mol. The van der Waals surface area contributed by atoms with Crippen LogP contribution in [-0.4, -0.2) is 96.7 Å². The zero-order valence-electron chi connectivity index (χ0n) is 68.3. The predicted octanol–water partition coefficient (Wildman–Crippen LogP) is 25.8. The lowest BCUT2D eigenvalue weighted by atomic mass is 10.0. The Morgan fingerprint density at radius 3 is 0.654 bits per heavy atom. The number of phosphoric ester groups is 2. The third-order valence-corrected chi connectivity index (χ3v) is 21.9. The molecule has 0 fully saturated rings. The predicted molar refractivity (Wildman–Crippen MR) is 428 cm³/mol. The van der Waals surface area contributed by atoms with Crippen LogP contribution < -0.4 is 0 Å². The summed E-state index contributed by atoms with van der Waals surface area (Å²) in [7, 11) is -9.91. The van der Waals surface area contributed by atoms with Crippen LogP contribution in [0.5, 0.6) is 0 Å². The molecule has 0 saturated heterocycles. The lowest BCUT2D eigenvalue weighted by molar-refractivity contribution is -0.161. The molecule has 0 aromatic carbocycles. The molecular formula is C85H166O17P2. The van der Waals surface area contributed by atoms with Gasteiger partial charge in [0.05, 0.1) is 26.4 Å². The number of hydrogen-bond acceptors (Lipinski definition) is 15. The number of carbonyl (C=O) groups excluding carboxylic acids is 4. The molecule has 5 atom stereocenters. The highest BCUT2D eigenvalue weighted by molar-refractivity contribution is 7.47. The topological polar surface area (TPSA) is 237 Å². The lowest BCUT2D eigenvalue weighted by Crippen LogP contribution is -2.30. The van der Waals surface area contributed by atoms with E-state index in [1.807, 2.05) is 0 Å². The molecule has 0 aliphatic carbocycles. The van der Waals surface area contributed by atoms with E-state index in [1.165, 1.54) is 263 Å². The van der Waals surface area contributed by atoms with Crippen LogP contribution in [0.1, 0.15) is 452 Å². The van der Waals surface area contributed by atoms with Gasteiger partial charge in [0.2, 0.25) is 0 Å². The highest BCUT2D eigenvalue weighted by Gasteiger charge is 2.30. The van der Waals surface area contributed by atoms with Crippen molar-refractivity contribution in [2.75, 3.05) is 39.6 Å². The minimum atomic E-state index is -4.96. The number of unbranched alkanes of at least 4 members (excludes halogenated alkanes) is 54. The van der Waals surface area contributed by atoms with E-state index >= 15 is 0 Å². The Kier molecular flexibility index (Phi) is 75.0. The molecule has 0 heterocycles. The number of aliphatic hydroxyl groups is 1. The van der Waals surface area contributed by atoms with Crippen LogP contribution in [0.25, 0.3) is 0 Å². The molecule has 0 aromatic rings. The van der Waals surface area contributed by atoms with Crippen molar-refractivity contribution in [1.29, 1.82) is 0 Å². The minimum Gasteiger partial charge on any atom is -0.462 e. The van der Waals surface area contributed by atoms with E-state index in [1.54, 1.807) is 0 Å². The average Bonchev–Trinajstić information content (AvgIpc) is 1.01. The summed E-state index contributed by atoms with van der Waals surface area (Å²) < 4.78 is 68.6. The van der Waals surface area contributed by atoms with Gasteiger partial charge in [-0.25, -0.2) is 9.13 Å². The average molecular weight is 1520 g/mol. The van der Waals surface area contributed by atoms with Gasteiger partial charge in [-0.1, -0.05) is 401 Å². The van der Waals surface area contributed by atoms with Crippen LogP contribution in [0, 0.1) is 11.8 Å². The second-order valence-electron chi connectivity index (χ2n) is 31.5. The maximum atomic E-state index is 13.1. The van der Waals surface area contributed by atoms with E-state index in [-0.39, 0.29) is 25.7 Å². The Labute approximate surface area is 638 Å². The normalized spacial score (nSPS) is 13.8. The summed E-state index contributed by atoms with van der Waals surface area (Å²) in [5.41, 5.74) is 0. The molecule has 0 aromatic heterocycles. The molecule has 19 heteroatoms. The standard InChI is InChI=1S/C85H166O17P2/c1-7-9-11-13-14-15-16-17-18-23-31-36-41-46-51-57-63-69-84(89)101-80(73-95-82(87)67-61-53-12-10-8-2)75-99-103(91,92)97-71-79(86)72-98-104(93,94)100-76-81(102-85(90)70-64-58-52-47-42-37-32-27-22-20-25-29-34-39-44-49-55-60-66-78(5)6)74-96-83(88)68-62-56-50-45-40-35-30-26-21-19-24-28-33-38-43-48-54-59-65-77(3)4/h77-81,86H,7-76H2,1-6H3,(H,91,92)(H,93,94)/t79-,80+,81+/m0/s1. The molecule has 0 aliphatic heterocycles. The van der Waals surface area contributed by atoms with Crippen molar-refractivity contribution in [2.24, 2.45) is 11.8 Å². The Morgan fingerprint density at radius 2 is 0.442 bits per heavy atom. The van der Waals surface area contributed by atoms with Crippen LogP contribution in [-0.2, 0) is 65.4 Å². The van der Waals surface area contributed by atoms with Crippen molar-refractivity contribution >= 4 is 39.5 Å². The summed E-state index contributed by atoms with van der Waals surface area (Å²) in [6, 6.07) is 0. The molecule has 2 unspecified atom stereocenters. The molecule has 618 valence electrons. The Balaban J connectivity index is 5.10. The van der Waals surface area contributed by atoms with Crippen molar-refractivity contribution in [2.45, 2.75) is 471 Å². The van der Waals surface area contributed by atoms with Crippen LogP contribution >= 0.6 is 15.6 Å². The highest BCUT2D eigenvalue weighted by Crippen LogP contribution is 2.45. The molecule has 0 spiro atoms. The lowest BCUT2D eigenvalue weighted by Gasteiger charge is -2.21. The van der Waals surface area contributed by atoms with Gasteiger partial charge in [0, 0.05) is 25.7 Å². The molecule has 104 heavy (non-hydrogen) atoms. The number of ether oxygens (including phenoxy) is 4. The number of carbonyl (C=O) groups is 4. The SMILES string of the molecule is CCCCCCCCCCCCCCCCCCCC(=O)O[C@H](COC(=O)CCCCCCC)COP(=O)(O)OC[C@H](O)COP(=O)(O)OC[C@@H](COC(=O)CCCCCCCCCCCCCCCCCCCCC(C)C)OC(=O)CCCCCCCCCCCCCCCCCCCCC(C)C. The summed E-state index contributed by atoms with van der Waals surface area (Å²) in [6.07, 6.45) is 68.6. The van der Waals surface area contributed by atoms with Crippen LogP contribution in [0.3, 0.4) is 0 Å². The van der Waals surface area contributed by atoms with E-state index in [0.29, 0.717) is 25.7 Å². The van der Waals surface area contributed by atoms with Crippen LogP contribution in [0.2, 0.25) is 0 Å². The van der Waals surface area contributed by atoms with Gasteiger partial charge >= 0.3 is 39.5 Å². The maximum Gasteiger partial charge on any atom is 0.472 e. The number of phosphoric acid groups is 2. The van der Waals surface area contributed by atoms with Gasteiger partial charge in [0.1, 0.15) is 19.3 Å². The first kappa shape index (κ1) is 102. The smallest absolute Gasteiger partial charge is 0.462 e. The first-order valence-electron chi connectivity index (χ1n) is 44.0. The van der Waals surface area contributed by atoms with Gasteiger partial charge in [-0.2, -0.15) is 0 Å². The first-order valence-corrected chi connectivity index (χ1v) is 47.0. The van der Waals surface area contributed by atoms with E-state index in [2.05, 4.69) is 41.5 Å². The third-order valence-electron chi connectivity index (χ3n) is 20.0. The van der Waals surface area contributed by atoms with Crippen LogP contribution in [0.4, 0.5) is 0 Å².